The number of aromatic nitrogens is 1. The molecule has 0 atom stereocenters. The summed E-state index contributed by atoms with van der Waals surface area (Å²) in [6.07, 6.45) is 0. The number of rotatable bonds is 7. The molecule has 2 aromatic carbocycles. The Bertz CT molecular complexity index is 885. The highest BCUT2D eigenvalue weighted by atomic mass is 32.2. The lowest BCUT2D eigenvalue weighted by atomic mass is 10.2. The topological polar surface area (TPSA) is 51.2 Å². The van der Waals surface area contributed by atoms with Crippen molar-refractivity contribution in [2.24, 2.45) is 0 Å². The van der Waals surface area contributed by atoms with E-state index in [9.17, 15) is 9.18 Å². The average molecular weight is 388 g/mol. The lowest BCUT2D eigenvalue weighted by molar-refractivity contribution is 0.102. The molecule has 134 valence electrons. The van der Waals surface area contributed by atoms with Crippen LogP contribution in [0.1, 0.15) is 23.0 Å². The molecule has 26 heavy (non-hydrogen) atoms. The first-order valence-corrected chi connectivity index (χ1v) is 9.93. The number of hydrogen-bond donors (Lipinski definition) is 1. The molecule has 0 saturated carbocycles. The molecule has 0 radical (unpaired) electrons. The third kappa shape index (κ3) is 4.62. The Morgan fingerprint density at radius 3 is 2.88 bits per heavy atom. The largest absolute Gasteiger partial charge is 0.491 e. The van der Waals surface area contributed by atoms with E-state index >= 15 is 0 Å². The Balaban J connectivity index is 1.72. The summed E-state index contributed by atoms with van der Waals surface area (Å²) in [5.74, 6) is 0.0707. The maximum absolute atomic E-state index is 14.0. The molecule has 0 aliphatic heterocycles. The van der Waals surface area contributed by atoms with Gasteiger partial charge in [0.25, 0.3) is 5.91 Å². The number of carbonyl (C=O) groups is 1. The van der Waals surface area contributed by atoms with Gasteiger partial charge < -0.3 is 10.1 Å². The summed E-state index contributed by atoms with van der Waals surface area (Å²) in [5, 5.41) is 4.73. The molecule has 3 aromatic rings. The number of benzene rings is 2. The van der Waals surface area contributed by atoms with Crippen molar-refractivity contribution in [3.05, 3.63) is 70.4 Å². The van der Waals surface area contributed by atoms with Crippen LogP contribution < -0.4 is 10.1 Å². The van der Waals surface area contributed by atoms with Gasteiger partial charge in [0.1, 0.15) is 0 Å². The minimum Gasteiger partial charge on any atom is -0.491 e. The number of nitrogens with one attached hydrogen (secondary N) is 1. The van der Waals surface area contributed by atoms with Crippen LogP contribution in [0.25, 0.3) is 0 Å². The van der Waals surface area contributed by atoms with Gasteiger partial charge in [0.2, 0.25) is 0 Å². The second kappa shape index (κ2) is 8.82. The number of thioether (sulfide) groups is 1. The Hall–Kier alpha value is -2.38. The standard InChI is InChI=1S/C19H17FN2O2S2/c1-2-24-17-8-7-13(9-16(17)20)22-19(23)15-5-3-4-6-18(15)26-11-14-10-25-12-21-14/h3-10,12H,2,11H2,1H3,(H,22,23). The second-order valence-corrected chi connectivity index (χ2v) is 7.03. The first kappa shape index (κ1) is 18.4. The molecule has 1 aromatic heterocycles. The van der Waals surface area contributed by atoms with Crippen LogP contribution in [-0.2, 0) is 5.75 Å². The van der Waals surface area contributed by atoms with Gasteiger partial charge in [-0.25, -0.2) is 9.37 Å². The summed E-state index contributed by atoms with van der Waals surface area (Å²) in [7, 11) is 0. The van der Waals surface area contributed by atoms with Gasteiger partial charge in [-0.1, -0.05) is 12.1 Å². The number of amides is 1. The monoisotopic (exact) mass is 388 g/mol. The predicted octanol–water partition coefficient (Wildman–Crippen LogP) is 5.23. The van der Waals surface area contributed by atoms with Gasteiger partial charge in [-0.2, -0.15) is 0 Å². The summed E-state index contributed by atoms with van der Waals surface area (Å²) in [5.41, 5.74) is 3.69. The van der Waals surface area contributed by atoms with Crippen LogP contribution in [0.5, 0.6) is 5.75 Å². The number of hydrogen-bond acceptors (Lipinski definition) is 5. The SMILES string of the molecule is CCOc1ccc(NC(=O)c2ccccc2SCc2cscn2)cc1F. The number of halogens is 1. The summed E-state index contributed by atoms with van der Waals surface area (Å²) in [4.78, 5) is 17.7. The quantitative estimate of drug-likeness (QED) is 0.564. The van der Waals surface area contributed by atoms with E-state index in [0.29, 0.717) is 23.6 Å². The van der Waals surface area contributed by atoms with E-state index in [0.717, 1.165) is 10.6 Å². The first-order chi connectivity index (χ1) is 12.7. The normalized spacial score (nSPS) is 10.5. The second-order valence-electron chi connectivity index (χ2n) is 5.30. The van der Waals surface area contributed by atoms with E-state index < -0.39 is 5.82 Å². The van der Waals surface area contributed by atoms with Crippen LogP contribution in [0.2, 0.25) is 0 Å². The third-order valence-corrected chi connectivity index (χ3v) is 5.22. The lowest BCUT2D eigenvalue weighted by Crippen LogP contribution is -2.13. The van der Waals surface area contributed by atoms with Crippen LogP contribution in [0.4, 0.5) is 10.1 Å². The zero-order valence-electron chi connectivity index (χ0n) is 14.1. The summed E-state index contributed by atoms with van der Waals surface area (Å²) in [6, 6.07) is 11.7. The fraction of sp³-hybridized carbons (Fsp3) is 0.158. The van der Waals surface area contributed by atoms with E-state index in [1.807, 2.05) is 17.5 Å². The molecular weight excluding hydrogens is 371 g/mol. The summed E-state index contributed by atoms with van der Waals surface area (Å²) >= 11 is 3.09. The Kier molecular flexibility index (Phi) is 6.25. The van der Waals surface area contributed by atoms with Gasteiger partial charge in [0.05, 0.1) is 23.4 Å². The molecule has 0 saturated heterocycles. The Labute approximate surface area is 159 Å². The number of nitrogens with zero attached hydrogens (tertiary/aromatic N) is 1. The van der Waals surface area contributed by atoms with Crippen LogP contribution in [-0.4, -0.2) is 17.5 Å². The van der Waals surface area contributed by atoms with Crippen LogP contribution in [0, 0.1) is 5.82 Å². The maximum Gasteiger partial charge on any atom is 0.256 e. The van der Waals surface area contributed by atoms with Crippen molar-refractivity contribution in [1.29, 1.82) is 0 Å². The predicted molar refractivity (Wildman–Crippen MR) is 104 cm³/mol. The Morgan fingerprint density at radius 1 is 1.31 bits per heavy atom. The highest BCUT2D eigenvalue weighted by Gasteiger charge is 2.13. The van der Waals surface area contributed by atoms with Gasteiger partial charge in [0.15, 0.2) is 11.6 Å². The lowest BCUT2D eigenvalue weighted by Gasteiger charge is -2.11. The van der Waals surface area contributed by atoms with Crippen molar-refractivity contribution in [3.63, 3.8) is 0 Å². The van der Waals surface area contributed by atoms with Crippen molar-refractivity contribution in [3.8, 4) is 5.75 Å². The molecule has 0 spiro atoms. The molecule has 0 aliphatic rings. The average Bonchev–Trinajstić information content (AvgIpc) is 3.16. The van der Waals surface area contributed by atoms with Crippen molar-refractivity contribution in [2.45, 2.75) is 17.6 Å². The summed E-state index contributed by atoms with van der Waals surface area (Å²) < 4.78 is 19.1. The van der Waals surface area contributed by atoms with Crippen LogP contribution in [0.15, 0.2) is 58.3 Å². The molecule has 0 bridgehead atoms. The van der Waals surface area contributed by atoms with Crippen molar-refractivity contribution >= 4 is 34.7 Å². The van der Waals surface area contributed by atoms with Gasteiger partial charge in [0, 0.05) is 27.8 Å². The minimum absolute atomic E-state index is 0.171. The van der Waals surface area contributed by atoms with Crippen molar-refractivity contribution in [2.75, 3.05) is 11.9 Å². The van der Waals surface area contributed by atoms with Gasteiger partial charge in [-0.3, -0.25) is 4.79 Å². The fourth-order valence-electron chi connectivity index (χ4n) is 2.29. The molecule has 1 N–H and O–H groups in total. The van der Waals surface area contributed by atoms with E-state index in [1.54, 1.807) is 53.7 Å². The molecule has 4 nitrogen and oxygen atoms in total. The maximum atomic E-state index is 14.0. The minimum atomic E-state index is -0.504. The molecule has 0 fully saturated rings. The van der Waals surface area contributed by atoms with Crippen LogP contribution >= 0.6 is 23.1 Å². The molecule has 0 aliphatic carbocycles. The fourth-order valence-corrected chi connectivity index (χ4v) is 3.91. The summed E-state index contributed by atoms with van der Waals surface area (Å²) in [6.45, 7) is 2.17. The zero-order valence-corrected chi connectivity index (χ0v) is 15.7. The zero-order chi connectivity index (χ0) is 18.4. The van der Waals surface area contributed by atoms with E-state index in [1.165, 1.54) is 12.1 Å². The van der Waals surface area contributed by atoms with Gasteiger partial charge in [-0.15, -0.1) is 23.1 Å². The smallest absolute Gasteiger partial charge is 0.256 e. The number of ether oxygens (including phenoxy) is 1. The molecule has 0 unspecified atom stereocenters. The van der Waals surface area contributed by atoms with E-state index in [2.05, 4.69) is 10.3 Å². The highest BCUT2D eigenvalue weighted by molar-refractivity contribution is 7.98. The number of carbonyl (C=O) groups excluding carboxylic acids is 1. The highest BCUT2D eigenvalue weighted by Crippen LogP contribution is 2.27. The molecule has 3 rings (SSSR count). The number of anilines is 1. The van der Waals surface area contributed by atoms with Gasteiger partial charge >= 0.3 is 0 Å². The molecule has 7 heteroatoms. The molecule has 1 amide bonds. The van der Waals surface area contributed by atoms with Crippen molar-refractivity contribution in [1.82, 2.24) is 4.98 Å². The van der Waals surface area contributed by atoms with E-state index in [-0.39, 0.29) is 11.7 Å². The van der Waals surface area contributed by atoms with Gasteiger partial charge in [-0.05, 0) is 31.2 Å². The van der Waals surface area contributed by atoms with Crippen LogP contribution in [0.3, 0.4) is 0 Å². The number of thiazole rings is 1. The Morgan fingerprint density at radius 2 is 2.15 bits per heavy atom. The first-order valence-electron chi connectivity index (χ1n) is 8.00. The van der Waals surface area contributed by atoms with E-state index in [4.69, 9.17) is 4.74 Å². The molecule has 1 heterocycles. The third-order valence-electron chi connectivity index (χ3n) is 3.48. The van der Waals surface area contributed by atoms with Crippen molar-refractivity contribution < 1.29 is 13.9 Å². The molecular formula is C19H17FN2O2S2.